The molecule has 0 aliphatic heterocycles. The first kappa shape index (κ1) is 13.6. The standard InChI is InChI=1S/C13H16F2O2/c1-12(2,8-11(16)17)9-5-4-6-10(7-9)13(3,14)15/h4-7H,8H2,1-3H3,(H,16,17). The quantitative estimate of drug-likeness (QED) is 0.876. The first-order valence-electron chi connectivity index (χ1n) is 5.33. The molecule has 2 nitrogen and oxygen atoms in total. The van der Waals surface area contributed by atoms with Crippen molar-refractivity contribution >= 4 is 5.97 Å². The topological polar surface area (TPSA) is 37.3 Å². The van der Waals surface area contributed by atoms with Crippen LogP contribution >= 0.6 is 0 Å². The number of alkyl halides is 2. The van der Waals surface area contributed by atoms with Crippen LogP contribution in [-0.4, -0.2) is 11.1 Å². The van der Waals surface area contributed by atoms with Crippen molar-refractivity contribution in [1.82, 2.24) is 0 Å². The van der Waals surface area contributed by atoms with Gasteiger partial charge in [0.05, 0.1) is 6.42 Å². The van der Waals surface area contributed by atoms with Crippen LogP contribution in [0.25, 0.3) is 0 Å². The van der Waals surface area contributed by atoms with Gasteiger partial charge in [-0.3, -0.25) is 4.79 Å². The maximum Gasteiger partial charge on any atom is 0.304 e. The molecule has 0 radical (unpaired) electrons. The molecule has 0 bridgehead atoms. The fourth-order valence-corrected chi connectivity index (χ4v) is 1.69. The predicted molar refractivity (Wildman–Crippen MR) is 61.3 cm³/mol. The normalized spacial score (nSPS) is 12.5. The van der Waals surface area contributed by atoms with Gasteiger partial charge in [0, 0.05) is 17.9 Å². The summed E-state index contributed by atoms with van der Waals surface area (Å²) in [7, 11) is 0. The van der Waals surface area contributed by atoms with Crippen LogP contribution in [0, 0.1) is 0 Å². The Balaban J connectivity index is 3.11. The summed E-state index contributed by atoms with van der Waals surface area (Å²) >= 11 is 0. The smallest absolute Gasteiger partial charge is 0.304 e. The average molecular weight is 242 g/mol. The second-order valence-electron chi connectivity index (χ2n) is 4.92. The zero-order valence-electron chi connectivity index (χ0n) is 10.1. The summed E-state index contributed by atoms with van der Waals surface area (Å²) in [5.74, 6) is -3.85. The average Bonchev–Trinajstić information content (AvgIpc) is 2.14. The number of carboxylic acids is 1. The van der Waals surface area contributed by atoms with Crippen molar-refractivity contribution in [2.24, 2.45) is 0 Å². The lowest BCUT2D eigenvalue weighted by molar-refractivity contribution is -0.138. The minimum absolute atomic E-state index is 0.0894. The van der Waals surface area contributed by atoms with Crippen LogP contribution in [0.2, 0.25) is 0 Å². The van der Waals surface area contributed by atoms with E-state index in [0.29, 0.717) is 5.56 Å². The molecule has 17 heavy (non-hydrogen) atoms. The van der Waals surface area contributed by atoms with Gasteiger partial charge in [0.25, 0.3) is 5.92 Å². The summed E-state index contributed by atoms with van der Waals surface area (Å²) in [5, 5.41) is 8.79. The van der Waals surface area contributed by atoms with E-state index in [1.54, 1.807) is 19.9 Å². The van der Waals surface area contributed by atoms with Gasteiger partial charge in [0.2, 0.25) is 0 Å². The van der Waals surface area contributed by atoms with Gasteiger partial charge in [-0.2, -0.15) is 0 Å². The van der Waals surface area contributed by atoms with E-state index in [4.69, 9.17) is 5.11 Å². The summed E-state index contributed by atoms with van der Waals surface area (Å²) in [6, 6.07) is 5.94. The summed E-state index contributed by atoms with van der Waals surface area (Å²) in [4.78, 5) is 10.7. The molecule has 4 heteroatoms. The Bertz CT molecular complexity index is 420. The minimum Gasteiger partial charge on any atom is -0.481 e. The largest absolute Gasteiger partial charge is 0.481 e. The highest BCUT2D eigenvalue weighted by atomic mass is 19.3. The third kappa shape index (κ3) is 3.51. The number of carboxylic acid groups (broad SMARTS) is 1. The molecule has 0 saturated heterocycles. The first-order chi connectivity index (χ1) is 7.63. The van der Waals surface area contributed by atoms with E-state index in [0.717, 1.165) is 6.92 Å². The van der Waals surface area contributed by atoms with E-state index in [9.17, 15) is 13.6 Å². The maximum absolute atomic E-state index is 13.2. The van der Waals surface area contributed by atoms with E-state index in [1.165, 1.54) is 18.2 Å². The summed E-state index contributed by atoms with van der Waals surface area (Å²) < 4.78 is 26.3. The van der Waals surface area contributed by atoms with Crippen molar-refractivity contribution in [2.45, 2.75) is 38.5 Å². The van der Waals surface area contributed by atoms with E-state index in [2.05, 4.69) is 0 Å². The van der Waals surface area contributed by atoms with Crippen LogP contribution in [-0.2, 0) is 16.1 Å². The summed E-state index contributed by atoms with van der Waals surface area (Å²) in [5.41, 5.74) is -0.139. The second kappa shape index (κ2) is 4.43. The first-order valence-corrected chi connectivity index (χ1v) is 5.33. The van der Waals surface area contributed by atoms with Gasteiger partial charge >= 0.3 is 5.97 Å². The molecule has 0 aliphatic carbocycles. The van der Waals surface area contributed by atoms with Crippen LogP contribution in [0.3, 0.4) is 0 Å². The molecule has 0 aromatic heterocycles. The van der Waals surface area contributed by atoms with Gasteiger partial charge in [0.15, 0.2) is 0 Å². The number of benzene rings is 1. The van der Waals surface area contributed by atoms with Gasteiger partial charge < -0.3 is 5.11 Å². The molecule has 0 fully saturated rings. The third-order valence-corrected chi connectivity index (χ3v) is 2.74. The lowest BCUT2D eigenvalue weighted by Crippen LogP contribution is -2.22. The molecule has 0 atom stereocenters. The van der Waals surface area contributed by atoms with Crippen molar-refractivity contribution in [1.29, 1.82) is 0 Å². The molecule has 0 heterocycles. The van der Waals surface area contributed by atoms with Crippen LogP contribution in [0.5, 0.6) is 0 Å². The zero-order valence-corrected chi connectivity index (χ0v) is 10.1. The Morgan fingerprint density at radius 3 is 2.24 bits per heavy atom. The lowest BCUT2D eigenvalue weighted by Gasteiger charge is -2.24. The van der Waals surface area contributed by atoms with Gasteiger partial charge in [-0.05, 0) is 11.6 Å². The maximum atomic E-state index is 13.2. The number of hydrogen-bond acceptors (Lipinski definition) is 1. The molecular formula is C13H16F2O2. The molecule has 1 rings (SSSR count). The minimum atomic E-state index is -2.91. The highest BCUT2D eigenvalue weighted by molar-refractivity contribution is 5.68. The summed E-state index contributed by atoms with van der Waals surface area (Å²) in [6.07, 6.45) is -0.0915. The molecule has 1 aromatic carbocycles. The van der Waals surface area contributed by atoms with Crippen LogP contribution < -0.4 is 0 Å². The van der Waals surface area contributed by atoms with Gasteiger partial charge in [-0.1, -0.05) is 32.0 Å². The Morgan fingerprint density at radius 1 is 1.24 bits per heavy atom. The number of aliphatic carboxylic acids is 1. The molecule has 0 saturated carbocycles. The van der Waals surface area contributed by atoms with Crippen molar-refractivity contribution in [2.75, 3.05) is 0 Å². The summed E-state index contributed by atoms with van der Waals surface area (Å²) in [6.45, 7) is 4.29. The van der Waals surface area contributed by atoms with Gasteiger partial charge in [0.1, 0.15) is 0 Å². The zero-order chi connectivity index (χ0) is 13.3. The predicted octanol–water partition coefficient (Wildman–Crippen LogP) is 3.55. The highest BCUT2D eigenvalue weighted by Crippen LogP contribution is 2.32. The Morgan fingerprint density at radius 2 is 1.76 bits per heavy atom. The number of hydrogen-bond donors (Lipinski definition) is 1. The molecule has 0 aliphatic rings. The van der Waals surface area contributed by atoms with Crippen LogP contribution in [0.15, 0.2) is 24.3 Å². The monoisotopic (exact) mass is 242 g/mol. The van der Waals surface area contributed by atoms with E-state index in [-0.39, 0.29) is 12.0 Å². The number of rotatable bonds is 4. The number of carbonyl (C=O) groups is 1. The fraction of sp³-hybridized carbons (Fsp3) is 0.462. The molecule has 0 spiro atoms. The Labute approximate surface area is 99.3 Å². The SMILES string of the molecule is CC(F)(F)c1cccc(C(C)(C)CC(=O)O)c1. The molecule has 94 valence electrons. The molecule has 0 unspecified atom stereocenters. The van der Waals surface area contributed by atoms with Crippen LogP contribution in [0.4, 0.5) is 8.78 Å². The lowest BCUT2D eigenvalue weighted by atomic mass is 9.80. The molecule has 1 N–H and O–H groups in total. The third-order valence-electron chi connectivity index (χ3n) is 2.74. The Kier molecular flexibility index (Phi) is 3.55. The van der Waals surface area contributed by atoms with Gasteiger partial charge in [-0.25, -0.2) is 8.78 Å². The van der Waals surface area contributed by atoms with E-state index in [1.807, 2.05) is 0 Å². The van der Waals surface area contributed by atoms with Crippen molar-refractivity contribution < 1.29 is 18.7 Å². The Hall–Kier alpha value is -1.45. The highest BCUT2D eigenvalue weighted by Gasteiger charge is 2.28. The molecule has 0 amide bonds. The van der Waals surface area contributed by atoms with Crippen molar-refractivity contribution in [3.63, 3.8) is 0 Å². The van der Waals surface area contributed by atoms with Gasteiger partial charge in [-0.15, -0.1) is 0 Å². The molecule has 1 aromatic rings. The number of halogens is 2. The van der Waals surface area contributed by atoms with E-state index < -0.39 is 17.3 Å². The second-order valence-corrected chi connectivity index (χ2v) is 4.92. The van der Waals surface area contributed by atoms with Crippen LogP contribution in [0.1, 0.15) is 38.3 Å². The van der Waals surface area contributed by atoms with E-state index >= 15 is 0 Å². The molecular weight excluding hydrogens is 226 g/mol. The van der Waals surface area contributed by atoms with Crippen molar-refractivity contribution in [3.05, 3.63) is 35.4 Å². The fourth-order valence-electron chi connectivity index (χ4n) is 1.69. The van der Waals surface area contributed by atoms with Crippen molar-refractivity contribution in [3.8, 4) is 0 Å².